The number of ketones is 1. The lowest BCUT2D eigenvalue weighted by Gasteiger charge is -2.26. The van der Waals surface area contributed by atoms with Crippen molar-refractivity contribution in [2.24, 2.45) is 0 Å². The second-order valence-electron chi connectivity index (χ2n) is 9.08. The average molecular weight is 422 g/mol. The summed E-state index contributed by atoms with van der Waals surface area (Å²) in [5, 5.41) is 11.1. The van der Waals surface area contributed by atoms with Crippen LogP contribution in [0.25, 0.3) is 5.76 Å². The van der Waals surface area contributed by atoms with E-state index in [4.69, 9.17) is 4.74 Å². The van der Waals surface area contributed by atoms with Crippen molar-refractivity contribution in [3.63, 3.8) is 0 Å². The number of aliphatic hydroxyl groups excluding tert-OH is 1. The topological polar surface area (TPSA) is 66.8 Å². The Morgan fingerprint density at radius 3 is 2.19 bits per heavy atom. The summed E-state index contributed by atoms with van der Waals surface area (Å²) in [6.45, 7) is 9.21. The number of aryl methyl sites for hydroxylation is 1. The minimum atomic E-state index is -0.652. The molecule has 0 bridgehead atoms. The van der Waals surface area contributed by atoms with Gasteiger partial charge in [-0.15, -0.1) is 0 Å². The lowest BCUT2D eigenvalue weighted by molar-refractivity contribution is -0.140. The minimum Gasteiger partial charge on any atom is -0.507 e. The van der Waals surface area contributed by atoms with Crippen LogP contribution in [0.4, 0.5) is 0 Å². The van der Waals surface area contributed by atoms with Crippen molar-refractivity contribution >= 4 is 17.4 Å². The highest BCUT2D eigenvalue weighted by Crippen LogP contribution is 2.40. The number of likely N-dealkylation sites (tertiary alicyclic amines) is 1. The van der Waals surface area contributed by atoms with E-state index in [1.54, 1.807) is 24.1 Å². The maximum atomic E-state index is 13.0. The highest BCUT2D eigenvalue weighted by Gasteiger charge is 2.45. The van der Waals surface area contributed by atoms with Gasteiger partial charge in [0.1, 0.15) is 5.76 Å². The number of benzene rings is 2. The number of aliphatic hydroxyl groups is 1. The Morgan fingerprint density at radius 2 is 1.65 bits per heavy atom. The van der Waals surface area contributed by atoms with Crippen LogP contribution in [-0.2, 0) is 19.7 Å². The van der Waals surface area contributed by atoms with Crippen LogP contribution in [0.5, 0.6) is 0 Å². The zero-order valence-corrected chi connectivity index (χ0v) is 18.9. The number of hydrogen-bond donors (Lipinski definition) is 1. The number of carbonyl (C=O) groups excluding carboxylic acids is 2. The Hall–Kier alpha value is -2.92. The van der Waals surface area contributed by atoms with Gasteiger partial charge in [-0.2, -0.15) is 0 Å². The van der Waals surface area contributed by atoms with Crippen molar-refractivity contribution in [1.82, 2.24) is 4.90 Å². The van der Waals surface area contributed by atoms with Crippen LogP contribution in [0.2, 0.25) is 0 Å². The number of methoxy groups -OCH3 is 1. The summed E-state index contributed by atoms with van der Waals surface area (Å²) in [6.07, 6.45) is 0.602. The molecule has 5 heteroatoms. The molecular formula is C26H31NO4. The fraction of sp³-hybridized carbons (Fsp3) is 0.385. The molecule has 164 valence electrons. The maximum absolute atomic E-state index is 13.0. The molecular weight excluding hydrogens is 390 g/mol. The molecule has 5 nitrogen and oxygen atoms in total. The van der Waals surface area contributed by atoms with Crippen LogP contribution in [-0.4, -0.2) is 42.0 Å². The fourth-order valence-corrected chi connectivity index (χ4v) is 3.87. The molecule has 1 unspecified atom stereocenters. The molecule has 1 heterocycles. The van der Waals surface area contributed by atoms with Crippen LogP contribution in [0.3, 0.4) is 0 Å². The first-order valence-electron chi connectivity index (χ1n) is 10.6. The first-order valence-corrected chi connectivity index (χ1v) is 10.6. The molecule has 0 spiro atoms. The molecule has 2 aromatic carbocycles. The molecule has 1 N–H and O–H groups in total. The van der Waals surface area contributed by atoms with Crippen molar-refractivity contribution in [3.05, 3.63) is 76.4 Å². The SMILES string of the molecule is COCCCN1C(=O)C(=O)/C(=C(/O)c2ccc(C)cc2)C1c1ccc(C(C)(C)C)cc1. The van der Waals surface area contributed by atoms with Crippen molar-refractivity contribution in [1.29, 1.82) is 0 Å². The largest absolute Gasteiger partial charge is 0.507 e. The number of hydrogen-bond acceptors (Lipinski definition) is 4. The first kappa shape index (κ1) is 22.8. The zero-order valence-electron chi connectivity index (χ0n) is 18.9. The molecule has 0 radical (unpaired) electrons. The van der Waals surface area contributed by atoms with Gasteiger partial charge in [0.15, 0.2) is 0 Å². The van der Waals surface area contributed by atoms with Crippen LogP contribution in [0.1, 0.15) is 55.5 Å². The number of ether oxygens (including phenoxy) is 1. The Kier molecular flexibility index (Phi) is 6.65. The van der Waals surface area contributed by atoms with E-state index in [1.165, 1.54) is 0 Å². The van der Waals surface area contributed by atoms with Crippen LogP contribution < -0.4 is 0 Å². The summed E-state index contributed by atoms with van der Waals surface area (Å²) in [6, 6.07) is 14.6. The number of rotatable bonds is 6. The van der Waals surface area contributed by atoms with Crippen LogP contribution >= 0.6 is 0 Å². The molecule has 31 heavy (non-hydrogen) atoms. The highest BCUT2D eigenvalue weighted by atomic mass is 16.5. The predicted molar refractivity (Wildman–Crippen MR) is 122 cm³/mol. The monoisotopic (exact) mass is 421 g/mol. The zero-order chi connectivity index (χ0) is 22.8. The third-order valence-electron chi connectivity index (χ3n) is 5.70. The number of amides is 1. The summed E-state index contributed by atoms with van der Waals surface area (Å²) < 4.78 is 5.13. The van der Waals surface area contributed by atoms with Crippen molar-refractivity contribution in [2.75, 3.05) is 20.3 Å². The Labute approximate surface area is 184 Å². The van der Waals surface area contributed by atoms with E-state index >= 15 is 0 Å². The molecule has 1 aliphatic rings. The molecule has 1 amide bonds. The maximum Gasteiger partial charge on any atom is 0.295 e. The van der Waals surface area contributed by atoms with Gasteiger partial charge >= 0.3 is 0 Å². The molecule has 3 rings (SSSR count). The molecule has 1 atom stereocenters. The fourth-order valence-electron chi connectivity index (χ4n) is 3.87. The van der Waals surface area contributed by atoms with E-state index in [-0.39, 0.29) is 16.7 Å². The van der Waals surface area contributed by atoms with Crippen LogP contribution in [0.15, 0.2) is 54.1 Å². The van der Waals surface area contributed by atoms with Gasteiger partial charge in [0.2, 0.25) is 0 Å². The first-order chi connectivity index (χ1) is 14.6. The molecule has 1 aliphatic heterocycles. The van der Waals surface area contributed by atoms with E-state index in [1.807, 2.05) is 43.3 Å². The summed E-state index contributed by atoms with van der Waals surface area (Å²) in [4.78, 5) is 27.4. The number of Topliss-reactive ketones (excluding diaryl/α,β-unsaturated/α-hetero) is 1. The molecule has 2 aromatic rings. The standard InChI is InChI=1S/C26H31NO4/c1-17-7-9-19(10-8-17)23(28)21-22(18-11-13-20(14-12-18)26(2,3)4)27(15-6-16-31-5)25(30)24(21)29/h7-14,22,28H,6,15-16H2,1-5H3/b23-21+. The van der Waals surface area contributed by atoms with Gasteiger partial charge in [-0.05, 0) is 29.9 Å². The molecule has 0 aliphatic carbocycles. The highest BCUT2D eigenvalue weighted by molar-refractivity contribution is 6.46. The summed E-state index contributed by atoms with van der Waals surface area (Å²) >= 11 is 0. The van der Waals surface area contributed by atoms with Crippen molar-refractivity contribution in [2.45, 2.75) is 45.6 Å². The Morgan fingerprint density at radius 1 is 1.03 bits per heavy atom. The summed E-state index contributed by atoms with van der Waals surface area (Å²) in [5.41, 5.74) is 3.66. The van der Waals surface area contributed by atoms with Gasteiger partial charge in [0.05, 0.1) is 11.6 Å². The second-order valence-corrected chi connectivity index (χ2v) is 9.08. The molecule has 1 fully saturated rings. The van der Waals surface area contributed by atoms with E-state index in [0.717, 1.165) is 16.7 Å². The summed E-state index contributed by atoms with van der Waals surface area (Å²) in [5.74, 6) is -1.38. The normalized spacial score (nSPS) is 18.6. The third-order valence-corrected chi connectivity index (χ3v) is 5.70. The van der Waals surface area contributed by atoms with Crippen LogP contribution in [0, 0.1) is 6.92 Å². The van der Waals surface area contributed by atoms with Gasteiger partial charge < -0.3 is 14.7 Å². The van der Waals surface area contributed by atoms with Gasteiger partial charge in [0.25, 0.3) is 11.7 Å². The van der Waals surface area contributed by atoms with E-state index in [2.05, 4.69) is 20.8 Å². The Balaban J connectivity index is 2.11. The van der Waals surface area contributed by atoms with Gasteiger partial charge in [0, 0.05) is 25.8 Å². The predicted octanol–water partition coefficient (Wildman–Crippen LogP) is 4.75. The number of nitrogens with zero attached hydrogens (tertiary/aromatic N) is 1. The lowest BCUT2D eigenvalue weighted by atomic mass is 9.85. The smallest absolute Gasteiger partial charge is 0.295 e. The molecule has 1 saturated heterocycles. The van der Waals surface area contributed by atoms with E-state index < -0.39 is 17.7 Å². The average Bonchev–Trinajstić information content (AvgIpc) is 2.98. The van der Waals surface area contributed by atoms with Gasteiger partial charge in [-0.1, -0.05) is 74.9 Å². The molecule has 0 aromatic heterocycles. The molecule has 0 saturated carbocycles. The second kappa shape index (κ2) is 9.06. The van der Waals surface area contributed by atoms with E-state index in [0.29, 0.717) is 25.1 Å². The Bertz CT molecular complexity index is 982. The lowest BCUT2D eigenvalue weighted by Crippen LogP contribution is -2.31. The van der Waals surface area contributed by atoms with E-state index in [9.17, 15) is 14.7 Å². The third kappa shape index (κ3) is 4.72. The van der Waals surface area contributed by atoms with Gasteiger partial charge in [-0.25, -0.2) is 0 Å². The summed E-state index contributed by atoms with van der Waals surface area (Å²) in [7, 11) is 1.61. The quantitative estimate of drug-likeness (QED) is 0.316. The van der Waals surface area contributed by atoms with Gasteiger partial charge in [-0.3, -0.25) is 9.59 Å². The number of carbonyl (C=O) groups is 2. The van der Waals surface area contributed by atoms with Crippen molar-refractivity contribution in [3.8, 4) is 0 Å². The van der Waals surface area contributed by atoms with Crippen molar-refractivity contribution < 1.29 is 19.4 Å². The minimum absolute atomic E-state index is 0.0132.